The van der Waals surface area contributed by atoms with Gasteiger partial charge in [0.05, 0.1) is 11.6 Å². The van der Waals surface area contributed by atoms with Gasteiger partial charge in [-0.25, -0.2) is 4.98 Å². The SMILES string of the molecule is C[C@H](O)C#Cc1cc(C#N)ccn1. The number of nitriles is 1. The van der Waals surface area contributed by atoms with Gasteiger partial charge in [-0.05, 0) is 25.0 Å². The molecule has 64 valence electrons. The molecule has 0 aliphatic carbocycles. The Hall–Kier alpha value is -1.84. The van der Waals surface area contributed by atoms with Gasteiger partial charge in [0.1, 0.15) is 11.8 Å². The van der Waals surface area contributed by atoms with Gasteiger partial charge in [0.25, 0.3) is 0 Å². The molecule has 0 aromatic carbocycles. The lowest BCUT2D eigenvalue weighted by Gasteiger charge is -1.90. The van der Waals surface area contributed by atoms with Crippen LogP contribution in [0.1, 0.15) is 18.2 Å². The summed E-state index contributed by atoms with van der Waals surface area (Å²) in [6.07, 6.45) is 0.845. The van der Waals surface area contributed by atoms with Gasteiger partial charge in [-0.2, -0.15) is 5.26 Å². The lowest BCUT2D eigenvalue weighted by molar-refractivity contribution is 0.253. The minimum absolute atomic E-state index is 0.500. The van der Waals surface area contributed by atoms with E-state index in [2.05, 4.69) is 16.8 Å². The van der Waals surface area contributed by atoms with Crippen LogP contribution < -0.4 is 0 Å². The van der Waals surface area contributed by atoms with E-state index in [1.807, 2.05) is 6.07 Å². The molecular formula is C10H8N2O. The van der Waals surface area contributed by atoms with E-state index in [9.17, 15) is 0 Å². The zero-order valence-electron chi connectivity index (χ0n) is 7.15. The predicted octanol–water partition coefficient (Wildman–Crippen LogP) is 0.686. The summed E-state index contributed by atoms with van der Waals surface area (Å²) >= 11 is 0. The molecule has 0 fully saturated rings. The first-order valence-electron chi connectivity index (χ1n) is 3.78. The van der Waals surface area contributed by atoms with Crippen molar-refractivity contribution in [1.29, 1.82) is 5.26 Å². The van der Waals surface area contributed by atoms with E-state index in [0.29, 0.717) is 11.3 Å². The van der Waals surface area contributed by atoms with E-state index in [0.717, 1.165) is 0 Å². The van der Waals surface area contributed by atoms with Gasteiger partial charge < -0.3 is 5.11 Å². The molecule has 0 bridgehead atoms. The standard InChI is InChI=1S/C10H8N2O/c1-8(13)2-3-10-6-9(7-11)4-5-12-10/h4-6,8,13H,1H3/t8-/m0/s1. The van der Waals surface area contributed by atoms with Gasteiger partial charge in [-0.15, -0.1) is 0 Å². The molecule has 1 atom stereocenters. The second-order valence-electron chi connectivity index (χ2n) is 2.49. The first-order chi connectivity index (χ1) is 6.22. The van der Waals surface area contributed by atoms with E-state index in [4.69, 9.17) is 10.4 Å². The third kappa shape index (κ3) is 2.94. The van der Waals surface area contributed by atoms with Crippen molar-refractivity contribution < 1.29 is 5.11 Å². The second-order valence-corrected chi connectivity index (χ2v) is 2.49. The maximum atomic E-state index is 8.87. The molecule has 0 spiro atoms. The van der Waals surface area contributed by atoms with Crippen LogP contribution in [0.5, 0.6) is 0 Å². The van der Waals surface area contributed by atoms with Crippen LogP contribution in [-0.4, -0.2) is 16.2 Å². The summed E-state index contributed by atoms with van der Waals surface area (Å²) in [5.74, 6) is 5.20. The quantitative estimate of drug-likeness (QED) is 0.585. The van der Waals surface area contributed by atoms with Crippen LogP contribution in [0.2, 0.25) is 0 Å². The van der Waals surface area contributed by atoms with Crippen molar-refractivity contribution in [2.75, 3.05) is 0 Å². The Morgan fingerprint density at radius 3 is 3.00 bits per heavy atom. The number of pyridine rings is 1. The van der Waals surface area contributed by atoms with Crippen LogP contribution in [-0.2, 0) is 0 Å². The number of aromatic nitrogens is 1. The topological polar surface area (TPSA) is 56.9 Å². The Kier molecular flexibility index (Phi) is 3.03. The fourth-order valence-electron chi connectivity index (χ4n) is 0.747. The molecule has 1 aromatic rings. The Labute approximate surface area is 76.7 Å². The fourth-order valence-corrected chi connectivity index (χ4v) is 0.747. The molecule has 0 aliphatic rings. The zero-order chi connectivity index (χ0) is 9.68. The molecule has 0 unspecified atom stereocenters. The normalized spacial score (nSPS) is 10.8. The summed E-state index contributed by atoms with van der Waals surface area (Å²) in [6.45, 7) is 1.57. The van der Waals surface area contributed by atoms with Crippen LogP contribution in [0, 0.1) is 23.2 Å². The van der Waals surface area contributed by atoms with E-state index >= 15 is 0 Å². The third-order valence-electron chi connectivity index (χ3n) is 1.30. The Morgan fingerprint density at radius 2 is 2.38 bits per heavy atom. The van der Waals surface area contributed by atoms with Crippen LogP contribution in [0.4, 0.5) is 0 Å². The van der Waals surface area contributed by atoms with Gasteiger partial charge >= 0.3 is 0 Å². The molecule has 13 heavy (non-hydrogen) atoms. The highest BCUT2D eigenvalue weighted by molar-refractivity contribution is 5.36. The highest BCUT2D eigenvalue weighted by Crippen LogP contribution is 1.98. The summed E-state index contributed by atoms with van der Waals surface area (Å²) in [5.41, 5.74) is 1.02. The summed E-state index contributed by atoms with van der Waals surface area (Å²) in [5, 5.41) is 17.4. The number of aliphatic hydroxyl groups excluding tert-OH is 1. The van der Waals surface area contributed by atoms with Crippen molar-refractivity contribution in [3.63, 3.8) is 0 Å². The van der Waals surface area contributed by atoms with Crippen molar-refractivity contribution >= 4 is 0 Å². The minimum Gasteiger partial charge on any atom is -0.381 e. The highest BCUT2D eigenvalue weighted by Gasteiger charge is 1.92. The van der Waals surface area contributed by atoms with Crippen molar-refractivity contribution in [3.8, 4) is 17.9 Å². The average Bonchev–Trinajstić information content (AvgIpc) is 2.15. The van der Waals surface area contributed by atoms with Crippen LogP contribution in [0.15, 0.2) is 18.3 Å². The van der Waals surface area contributed by atoms with Crippen molar-refractivity contribution in [1.82, 2.24) is 4.98 Å². The monoisotopic (exact) mass is 172 g/mol. The Morgan fingerprint density at radius 1 is 1.62 bits per heavy atom. The average molecular weight is 172 g/mol. The maximum Gasteiger partial charge on any atom is 0.114 e. The van der Waals surface area contributed by atoms with Gasteiger partial charge in [-0.3, -0.25) is 0 Å². The predicted molar refractivity (Wildman–Crippen MR) is 47.5 cm³/mol. The molecule has 3 nitrogen and oxygen atoms in total. The second kappa shape index (κ2) is 4.25. The molecule has 0 radical (unpaired) electrons. The lowest BCUT2D eigenvalue weighted by Crippen LogP contribution is -1.93. The molecule has 1 N–H and O–H groups in total. The van der Waals surface area contributed by atoms with Crippen molar-refractivity contribution in [2.45, 2.75) is 13.0 Å². The van der Waals surface area contributed by atoms with Crippen LogP contribution >= 0.6 is 0 Å². The van der Waals surface area contributed by atoms with E-state index in [-0.39, 0.29) is 0 Å². The molecule has 0 saturated carbocycles. The van der Waals surface area contributed by atoms with Crippen LogP contribution in [0.25, 0.3) is 0 Å². The fraction of sp³-hybridized carbons (Fsp3) is 0.200. The molecule has 3 heteroatoms. The molecule has 0 aliphatic heterocycles. The minimum atomic E-state index is -0.674. The number of nitrogens with zero attached hydrogens (tertiary/aromatic N) is 2. The van der Waals surface area contributed by atoms with E-state index in [1.165, 1.54) is 6.20 Å². The largest absolute Gasteiger partial charge is 0.381 e. The lowest BCUT2D eigenvalue weighted by atomic mass is 10.2. The Balaban J connectivity index is 2.93. The van der Waals surface area contributed by atoms with Crippen molar-refractivity contribution in [2.24, 2.45) is 0 Å². The zero-order valence-corrected chi connectivity index (χ0v) is 7.15. The van der Waals surface area contributed by atoms with Crippen LogP contribution in [0.3, 0.4) is 0 Å². The van der Waals surface area contributed by atoms with Gasteiger partial charge in [0.15, 0.2) is 0 Å². The number of rotatable bonds is 0. The molecular weight excluding hydrogens is 164 g/mol. The maximum absolute atomic E-state index is 8.87. The summed E-state index contributed by atoms with van der Waals surface area (Å²) < 4.78 is 0. The smallest absolute Gasteiger partial charge is 0.114 e. The van der Waals surface area contributed by atoms with Gasteiger partial charge in [0.2, 0.25) is 0 Å². The number of hydrogen-bond donors (Lipinski definition) is 1. The van der Waals surface area contributed by atoms with Crippen molar-refractivity contribution in [3.05, 3.63) is 29.6 Å². The third-order valence-corrected chi connectivity index (χ3v) is 1.30. The molecule has 1 aromatic heterocycles. The first-order valence-corrected chi connectivity index (χ1v) is 3.78. The molecule has 1 rings (SSSR count). The van der Waals surface area contributed by atoms with E-state index < -0.39 is 6.10 Å². The Bertz CT molecular complexity index is 393. The molecule has 1 heterocycles. The van der Waals surface area contributed by atoms with E-state index in [1.54, 1.807) is 19.1 Å². The molecule has 0 amide bonds. The van der Waals surface area contributed by atoms with Gasteiger partial charge in [0, 0.05) is 6.20 Å². The summed E-state index contributed by atoms with van der Waals surface area (Å²) in [6, 6.07) is 5.17. The number of aliphatic hydroxyl groups is 1. The summed E-state index contributed by atoms with van der Waals surface area (Å²) in [7, 11) is 0. The summed E-state index contributed by atoms with van der Waals surface area (Å²) in [4.78, 5) is 3.92. The molecule has 0 saturated heterocycles. The van der Waals surface area contributed by atoms with Gasteiger partial charge in [-0.1, -0.05) is 5.92 Å². The highest BCUT2D eigenvalue weighted by atomic mass is 16.3. The first kappa shape index (κ1) is 9.25. The number of hydrogen-bond acceptors (Lipinski definition) is 3.